The van der Waals surface area contributed by atoms with E-state index in [1.807, 2.05) is 0 Å². The maximum Gasteiger partial charge on any atom is 0.309 e. The van der Waals surface area contributed by atoms with E-state index in [0.29, 0.717) is 12.8 Å². The van der Waals surface area contributed by atoms with Gasteiger partial charge in [0.25, 0.3) is 0 Å². The Morgan fingerprint density at radius 3 is 2.45 bits per heavy atom. The van der Waals surface area contributed by atoms with Gasteiger partial charge in [0.15, 0.2) is 9.84 Å². The molecule has 0 aliphatic carbocycles. The Bertz CT molecular complexity index is 654. The Kier molecular flexibility index (Phi) is 5.02. The summed E-state index contributed by atoms with van der Waals surface area (Å²) >= 11 is 0. The number of benzene rings is 1. The Morgan fingerprint density at radius 2 is 1.86 bits per heavy atom. The summed E-state index contributed by atoms with van der Waals surface area (Å²) in [6.45, 7) is 0.278. The number of nitrogens with one attached hydrogen (secondary N) is 2. The second-order valence-electron chi connectivity index (χ2n) is 5.25. The van der Waals surface area contributed by atoms with Crippen molar-refractivity contribution in [1.29, 1.82) is 0 Å². The van der Waals surface area contributed by atoms with E-state index in [4.69, 9.17) is 5.11 Å². The van der Waals surface area contributed by atoms with Crippen LogP contribution in [0, 0.1) is 0 Å². The summed E-state index contributed by atoms with van der Waals surface area (Å²) in [4.78, 5) is 23.3. The summed E-state index contributed by atoms with van der Waals surface area (Å²) in [5.41, 5.74) is 0.917. The van der Waals surface area contributed by atoms with Crippen LogP contribution in [0.4, 0.5) is 0 Å². The number of phenolic OH excluding ortho intramolecular Hbond substituents is 1. The van der Waals surface area contributed by atoms with Crippen LogP contribution in [-0.2, 0) is 25.8 Å². The van der Waals surface area contributed by atoms with E-state index in [9.17, 15) is 18.0 Å². The Balaban J connectivity index is 1.72. The van der Waals surface area contributed by atoms with Crippen molar-refractivity contribution in [2.45, 2.75) is 18.9 Å². The van der Waals surface area contributed by atoms with Crippen LogP contribution in [0.1, 0.15) is 12.0 Å². The largest absolute Gasteiger partial charge is 0.508 e. The second-order valence-corrected chi connectivity index (χ2v) is 7.47. The van der Waals surface area contributed by atoms with E-state index in [1.165, 1.54) is 0 Å². The Morgan fingerprint density at radius 1 is 1.18 bits per heavy atom. The molecular weight excluding hydrogens is 308 g/mol. The summed E-state index contributed by atoms with van der Waals surface area (Å²) in [6.07, 6.45) is 0.867. The fourth-order valence-electron chi connectivity index (χ4n) is 2.22. The predicted octanol–water partition coefficient (Wildman–Crippen LogP) is -0.646. The van der Waals surface area contributed by atoms with E-state index in [-0.39, 0.29) is 23.8 Å². The molecule has 0 spiro atoms. The maximum absolute atomic E-state index is 11.6. The molecule has 8 heteroatoms. The number of carbonyl (C=O) groups is 2. The van der Waals surface area contributed by atoms with E-state index in [0.717, 1.165) is 5.56 Å². The molecule has 0 radical (unpaired) electrons. The summed E-state index contributed by atoms with van der Waals surface area (Å²) in [5, 5.41) is 14.1. The highest BCUT2D eigenvalue weighted by atomic mass is 32.2. The number of hydrogen-bond acceptors (Lipinski definition) is 5. The SMILES string of the molecule is O=C(NCCc1ccc(O)cc1)C(=O)NC1CCS(=O)(=O)C1. The second kappa shape index (κ2) is 6.78. The number of aromatic hydroxyl groups is 1. The smallest absolute Gasteiger partial charge is 0.309 e. The lowest BCUT2D eigenvalue weighted by Crippen LogP contribution is -2.45. The molecule has 1 aliphatic heterocycles. The molecule has 0 saturated carbocycles. The minimum atomic E-state index is -3.09. The molecule has 1 aromatic carbocycles. The predicted molar refractivity (Wildman–Crippen MR) is 80.0 cm³/mol. The minimum Gasteiger partial charge on any atom is -0.508 e. The lowest BCUT2D eigenvalue weighted by atomic mass is 10.1. The normalized spacial score (nSPS) is 19.5. The molecule has 0 aromatic heterocycles. The molecule has 1 saturated heterocycles. The third kappa shape index (κ3) is 4.73. The van der Waals surface area contributed by atoms with Gasteiger partial charge in [0.1, 0.15) is 5.75 Å². The number of rotatable bonds is 4. The highest BCUT2D eigenvalue weighted by molar-refractivity contribution is 7.91. The van der Waals surface area contributed by atoms with E-state index < -0.39 is 27.7 Å². The topological polar surface area (TPSA) is 113 Å². The van der Waals surface area contributed by atoms with Crippen molar-refractivity contribution >= 4 is 21.7 Å². The van der Waals surface area contributed by atoms with Crippen LogP contribution in [0.2, 0.25) is 0 Å². The van der Waals surface area contributed by atoms with Crippen molar-refractivity contribution < 1.29 is 23.1 Å². The van der Waals surface area contributed by atoms with Crippen LogP contribution in [0.15, 0.2) is 24.3 Å². The first kappa shape index (κ1) is 16.3. The Hall–Kier alpha value is -2.09. The van der Waals surface area contributed by atoms with Crippen molar-refractivity contribution in [1.82, 2.24) is 10.6 Å². The van der Waals surface area contributed by atoms with Gasteiger partial charge in [-0.1, -0.05) is 12.1 Å². The van der Waals surface area contributed by atoms with Gasteiger partial charge in [-0.2, -0.15) is 0 Å². The van der Waals surface area contributed by atoms with Crippen LogP contribution >= 0.6 is 0 Å². The first-order valence-electron chi connectivity index (χ1n) is 6.93. The zero-order chi connectivity index (χ0) is 16.2. The third-order valence-electron chi connectivity index (χ3n) is 3.41. The molecule has 1 atom stereocenters. The van der Waals surface area contributed by atoms with E-state index in [1.54, 1.807) is 24.3 Å². The molecular formula is C14H18N2O5S. The molecule has 0 bridgehead atoms. The lowest BCUT2D eigenvalue weighted by molar-refractivity contribution is -0.139. The lowest BCUT2D eigenvalue weighted by Gasteiger charge is -2.10. The van der Waals surface area contributed by atoms with Crippen LogP contribution in [-0.4, -0.2) is 49.4 Å². The minimum absolute atomic E-state index is 0.0421. The van der Waals surface area contributed by atoms with Crippen LogP contribution in [0.3, 0.4) is 0 Å². The van der Waals surface area contributed by atoms with Gasteiger partial charge in [0.2, 0.25) is 0 Å². The van der Waals surface area contributed by atoms with Gasteiger partial charge >= 0.3 is 11.8 Å². The van der Waals surface area contributed by atoms with Crippen molar-refractivity contribution in [3.8, 4) is 5.75 Å². The number of hydrogen-bond donors (Lipinski definition) is 3. The maximum atomic E-state index is 11.6. The first-order valence-corrected chi connectivity index (χ1v) is 8.75. The van der Waals surface area contributed by atoms with Crippen LogP contribution in [0.5, 0.6) is 5.75 Å². The highest BCUT2D eigenvalue weighted by Crippen LogP contribution is 2.11. The molecule has 1 aromatic rings. The Labute approximate surface area is 128 Å². The number of sulfone groups is 1. The van der Waals surface area contributed by atoms with Crippen molar-refractivity contribution in [2.24, 2.45) is 0 Å². The molecule has 2 rings (SSSR count). The van der Waals surface area contributed by atoms with Crippen molar-refractivity contribution in [3.63, 3.8) is 0 Å². The van der Waals surface area contributed by atoms with Crippen LogP contribution < -0.4 is 10.6 Å². The molecule has 3 N–H and O–H groups in total. The van der Waals surface area contributed by atoms with Gasteiger partial charge in [-0.15, -0.1) is 0 Å². The molecule has 22 heavy (non-hydrogen) atoms. The third-order valence-corrected chi connectivity index (χ3v) is 5.18. The average molecular weight is 326 g/mol. The quantitative estimate of drug-likeness (QED) is 0.637. The molecule has 120 valence electrons. The molecule has 1 heterocycles. The van der Waals surface area contributed by atoms with Gasteiger partial charge in [-0.05, 0) is 30.5 Å². The molecule has 7 nitrogen and oxygen atoms in total. The molecule has 1 fully saturated rings. The van der Waals surface area contributed by atoms with Crippen molar-refractivity contribution in [2.75, 3.05) is 18.1 Å². The zero-order valence-electron chi connectivity index (χ0n) is 11.9. The molecule has 2 amide bonds. The van der Waals surface area contributed by atoms with Gasteiger partial charge in [-0.25, -0.2) is 8.42 Å². The van der Waals surface area contributed by atoms with Crippen molar-refractivity contribution in [3.05, 3.63) is 29.8 Å². The van der Waals surface area contributed by atoms with Crippen LogP contribution in [0.25, 0.3) is 0 Å². The average Bonchev–Trinajstić information content (AvgIpc) is 2.80. The zero-order valence-corrected chi connectivity index (χ0v) is 12.7. The highest BCUT2D eigenvalue weighted by Gasteiger charge is 2.30. The fourth-order valence-corrected chi connectivity index (χ4v) is 3.90. The number of amides is 2. The van der Waals surface area contributed by atoms with Gasteiger partial charge < -0.3 is 15.7 Å². The molecule has 1 aliphatic rings. The van der Waals surface area contributed by atoms with Gasteiger partial charge in [0.05, 0.1) is 11.5 Å². The van der Waals surface area contributed by atoms with Gasteiger partial charge in [-0.3, -0.25) is 9.59 Å². The standard InChI is InChI=1S/C14H18N2O5S/c17-12-3-1-10(2-4-12)5-7-15-13(18)14(19)16-11-6-8-22(20,21)9-11/h1-4,11,17H,5-9H2,(H,15,18)(H,16,19). The van der Waals surface area contributed by atoms with E-state index >= 15 is 0 Å². The summed E-state index contributed by atoms with van der Waals surface area (Å²) < 4.78 is 22.6. The first-order chi connectivity index (χ1) is 10.4. The fraction of sp³-hybridized carbons (Fsp3) is 0.429. The summed E-state index contributed by atoms with van der Waals surface area (Å²) in [6, 6.07) is 6.06. The monoisotopic (exact) mass is 326 g/mol. The summed E-state index contributed by atoms with van der Waals surface area (Å²) in [7, 11) is -3.09. The van der Waals surface area contributed by atoms with E-state index in [2.05, 4.69) is 10.6 Å². The number of phenols is 1. The van der Waals surface area contributed by atoms with Gasteiger partial charge in [0, 0.05) is 12.6 Å². The molecule has 1 unspecified atom stereocenters. The number of carbonyl (C=O) groups excluding carboxylic acids is 2. The summed E-state index contributed by atoms with van der Waals surface area (Å²) in [5.74, 6) is -1.49.